The molecule has 45 heavy (non-hydrogen) atoms. The van der Waals surface area contributed by atoms with Gasteiger partial charge in [0.25, 0.3) is 0 Å². The molecule has 0 aromatic carbocycles. The van der Waals surface area contributed by atoms with Crippen molar-refractivity contribution in [3.05, 3.63) is 36.0 Å². The van der Waals surface area contributed by atoms with E-state index in [0.717, 1.165) is 54.1 Å². The summed E-state index contributed by atoms with van der Waals surface area (Å²) in [6.07, 6.45) is 6.96. The van der Waals surface area contributed by atoms with Gasteiger partial charge in [0.05, 0.1) is 30.4 Å². The number of aryl methyl sites for hydroxylation is 1. The van der Waals surface area contributed by atoms with Crippen molar-refractivity contribution in [1.82, 2.24) is 20.0 Å². The minimum absolute atomic E-state index is 0.0417. The standard InChI is InChI=1S/C30H42F3N7O4S/c1-21-17-35-28(16-25(21)26-4-3-5-27(40-26)36-20-29(19-34)10-13-43-14-11-29)39-24-8-6-23(7-9-24)38-22(2)18-44-15-12-37-45(41,42)30(31,32)33/h3-5,16-17,22-24,37-38H,6-15,18,20H2,1-2H3,(H,35,39)(H,36,40)/t22-,23?,24?/m0/s1. The van der Waals surface area contributed by atoms with Gasteiger partial charge in [-0.25, -0.2) is 23.1 Å². The fourth-order valence-electron chi connectivity index (χ4n) is 5.57. The summed E-state index contributed by atoms with van der Waals surface area (Å²) in [5.74, 6) is 1.50. The zero-order valence-electron chi connectivity index (χ0n) is 25.6. The summed E-state index contributed by atoms with van der Waals surface area (Å²) in [7, 11) is -5.35. The number of hydrogen-bond acceptors (Lipinski definition) is 10. The van der Waals surface area contributed by atoms with E-state index in [0.29, 0.717) is 32.6 Å². The summed E-state index contributed by atoms with van der Waals surface area (Å²) in [6.45, 7) is 5.28. The molecule has 11 nitrogen and oxygen atoms in total. The van der Waals surface area contributed by atoms with Crippen LogP contribution in [0.15, 0.2) is 30.5 Å². The predicted molar refractivity (Wildman–Crippen MR) is 165 cm³/mol. The maximum atomic E-state index is 12.4. The van der Waals surface area contributed by atoms with Crippen LogP contribution in [0.5, 0.6) is 0 Å². The Bertz CT molecular complexity index is 1410. The second-order valence-corrected chi connectivity index (χ2v) is 13.6. The molecule has 1 saturated heterocycles. The van der Waals surface area contributed by atoms with Crippen LogP contribution in [0.2, 0.25) is 0 Å². The number of nitrogens with zero attached hydrogens (tertiary/aromatic N) is 3. The van der Waals surface area contributed by atoms with E-state index in [9.17, 15) is 26.9 Å². The van der Waals surface area contributed by atoms with Crippen LogP contribution in [0, 0.1) is 23.7 Å². The van der Waals surface area contributed by atoms with E-state index in [1.165, 1.54) is 4.72 Å². The highest BCUT2D eigenvalue weighted by Crippen LogP contribution is 2.31. The number of alkyl halides is 3. The Morgan fingerprint density at radius 1 is 1.16 bits per heavy atom. The monoisotopic (exact) mass is 653 g/mol. The number of rotatable bonds is 14. The first kappa shape index (κ1) is 34.8. The van der Waals surface area contributed by atoms with Crippen LogP contribution in [-0.2, 0) is 19.5 Å². The number of halogens is 3. The minimum atomic E-state index is -5.35. The van der Waals surface area contributed by atoms with Crippen molar-refractivity contribution in [3.8, 4) is 17.3 Å². The molecule has 0 radical (unpaired) electrons. The van der Waals surface area contributed by atoms with Gasteiger partial charge in [-0.2, -0.15) is 18.4 Å². The van der Waals surface area contributed by atoms with E-state index in [-0.39, 0.29) is 31.3 Å². The maximum absolute atomic E-state index is 12.4. The third-order valence-corrected chi connectivity index (χ3v) is 9.43. The van der Waals surface area contributed by atoms with E-state index < -0.39 is 27.5 Å². The Kier molecular flexibility index (Phi) is 12.0. The van der Waals surface area contributed by atoms with Gasteiger partial charge in [-0.05, 0) is 76.1 Å². The first-order chi connectivity index (χ1) is 21.4. The molecule has 1 aliphatic carbocycles. The highest BCUT2D eigenvalue weighted by molar-refractivity contribution is 7.90. The number of nitrogens with one attached hydrogen (secondary N) is 4. The first-order valence-corrected chi connectivity index (χ1v) is 16.7. The van der Waals surface area contributed by atoms with Crippen LogP contribution >= 0.6 is 0 Å². The molecular weight excluding hydrogens is 611 g/mol. The van der Waals surface area contributed by atoms with Gasteiger partial charge >= 0.3 is 15.5 Å². The van der Waals surface area contributed by atoms with Gasteiger partial charge in [-0.1, -0.05) is 6.07 Å². The van der Waals surface area contributed by atoms with Crippen molar-refractivity contribution in [2.75, 3.05) is 50.2 Å². The number of sulfonamides is 1. The maximum Gasteiger partial charge on any atom is 0.511 e. The number of aromatic nitrogens is 2. The molecule has 0 amide bonds. The third-order valence-electron chi connectivity index (χ3n) is 8.23. The van der Waals surface area contributed by atoms with Crippen LogP contribution in [0.25, 0.3) is 11.3 Å². The number of anilines is 2. The lowest BCUT2D eigenvalue weighted by Crippen LogP contribution is -2.43. The van der Waals surface area contributed by atoms with E-state index in [4.69, 9.17) is 14.5 Å². The van der Waals surface area contributed by atoms with E-state index in [1.807, 2.05) is 44.3 Å². The second kappa shape index (κ2) is 15.5. The van der Waals surface area contributed by atoms with Crippen LogP contribution in [0.3, 0.4) is 0 Å². The molecule has 1 aliphatic heterocycles. The van der Waals surface area contributed by atoms with Gasteiger partial charge in [0.1, 0.15) is 11.6 Å². The Hall–Kier alpha value is -3.03. The average molecular weight is 654 g/mol. The second-order valence-electron chi connectivity index (χ2n) is 11.8. The van der Waals surface area contributed by atoms with Crippen LogP contribution in [0.4, 0.5) is 24.8 Å². The molecule has 0 unspecified atom stereocenters. The fraction of sp³-hybridized carbons (Fsp3) is 0.633. The molecule has 3 heterocycles. The molecule has 2 aromatic rings. The highest BCUT2D eigenvalue weighted by atomic mass is 32.2. The summed E-state index contributed by atoms with van der Waals surface area (Å²) in [5, 5.41) is 20.2. The summed E-state index contributed by atoms with van der Waals surface area (Å²) < 4.78 is 71.4. The molecule has 1 saturated carbocycles. The average Bonchev–Trinajstić information content (AvgIpc) is 3.02. The zero-order valence-corrected chi connectivity index (χ0v) is 26.4. The quantitative estimate of drug-likeness (QED) is 0.217. The van der Waals surface area contributed by atoms with Crippen LogP contribution in [0.1, 0.15) is 51.0 Å². The van der Waals surface area contributed by atoms with Crippen LogP contribution in [-0.4, -0.2) is 81.5 Å². The lowest BCUT2D eigenvalue weighted by molar-refractivity contribution is -0.0449. The molecule has 0 spiro atoms. The number of hydrogen-bond donors (Lipinski definition) is 4. The smallest absolute Gasteiger partial charge is 0.381 e. The molecule has 2 fully saturated rings. The highest BCUT2D eigenvalue weighted by Gasteiger charge is 2.45. The molecular formula is C30H42F3N7O4S. The Labute approximate surface area is 262 Å². The number of pyridine rings is 2. The molecule has 2 aromatic heterocycles. The van der Waals surface area contributed by atoms with E-state index in [1.54, 1.807) is 0 Å². The largest absolute Gasteiger partial charge is 0.511 e. The van der Waals surface area contributed by atoms with Gasteiger partial charge in [-0.3, -0.25) is 0 Å². The lowest BCUT2D eigenvalue weighted by atomic mass is 9.82. The van der Waals surface area contributed by atoms with Crippen molar-refractivity contribution < 1.29 is 31.1 Å². The molecule has 0 bridgehead atoms. The fourth-order valence-corrected chi connectivity index (χ4v) is 6.08. The number of nitriles is 1. The molecule has 4 N–H and O–H groups in total. The Morgan fingerprint density at radius 3 is 2.56 bits per heavy atom. The van der Waals surface area contributed by atoms with Crippen molar-refractivity contribution in [3.63, 3.8) is 0 Å². The molecule has 4 rings (SSSR count). The normalized spacial score (nSPS) is 21.1. The van der Waals surface area contributed by atoms with Gasteiger partial charge in [-0.15, -0.1) is 0 Å². The van der Waals surface area contributed by atoms with Crippen molar-refractivity contribution in [2.24, 2.45) is 5.41 Å². The first-order valence-electron chi connectivity index (χ1n) is 15.2. The van der Waals surface area contributed by atoms with E-state index in [2.05, 4.69) is 27.0 Å². The summed E-state index contributed by atoms with van der Waals surface area (Å²) in [6, 6.07) is 10.8. The molecule has 248 valence electrons. The van der Waals surface area contributed by atoms with Gasteiger partial charge in [0.15, 0.2) is 0 Å². The summed E-state index contributed by atoms with van der Waals surface area (Å²) in [5.41, 5.74) is -2.98. The van der Waals surface area contributed by atoms with Crippen LogP contribution < -0.4 is 20.7 Å². The molecule has 1 atom stereocenters. The summed E-state index contributed by atoms with van der Waals surface area (Å²) in [4.78, 5) is 9.43. The SMILES string of the molecule is Cc1cnc(NC2CCC(N[C@@H](C)COCCNS(=O)(=O)C(F)(F)F)CC2)cc1-c1cccc(NCC2(C#N)CCOCC2)n1. The number of ether oxygens (including phenoxy) is 2. The molecule has 2 aliphatic rings. The van der Waals surface area contributed by atoms with E-state index >= 15 is 0 Å². The predicted octanol–water partition coefficient (Wildman–Crippen LogP) is 4.34. The lowest BCUT2D eigenvalue weighted by Gasteiger charge is -2.32. The third kappa shape index (κ3) is 9.98. The molecule has 15 heteroatoms. The Balaban J connectivity index is 1.22. The minimum Gasteiger partial charge on any atom is -0.381 e. The van der Waals surface area contributed by atoms with Crippen molar-refractivity contribution >= 4 is 21.7 Å². The summed E-state index contributed by atoms with van der Waals surface area (Å²) >= 11 is 0. The van der Waals surface area contributed by atoms with Gasteiger partial charge in [0.2, 0.25) is 0 Å². The van der Waals surface area contributed by atoms with Crippen molar-refractivity contribution in [2.45, 2.75) is 76.0 Å². The Morgan fingerprint density at radius 2 is 1.87 bits per heavy atom. The van der Waals surface area contributed by atoms with Crippen molar-refractivity contribution in [1.29, 1.82) is 5.26 Å². The zero-order chi connectivity index (χ0) is 32.5. The van der Waals surface area contributed by atoms with Gasteiger partial charge < -0.3 is 25.4 Å². The van der Waals surface area contributed by atoms with Gasteiger partial charge in [0, 0.05) is 56.2 Å². The topological polar surface area (TPSA) is 150 Å².